The second-order valence-electron chi connectivity index (χ2n) is 2.67. The zero-order valence-electron chi connectivity index (χ0n) is 7.08. The van der Waals surface area contributed by atoms with Gasteiger partial charge in [0, 0.05) is 10.7 Å². The van der Waals surface area contributed by atoms with E-state index < -0.39 is 9.05 Å². The minimum Gasteiger partial charge on any atom is -0.207 e. The van der Waals surface area contributed by atoms with Crippen molar-refractivity contribution in [1.82, 2.24) is 0 Å². The molecular formula is C8H5ClINO2S. The van der Waals surface area contributed by atoms with E-state index in [4.69, 9.17) is 15.9 Å². The molecule has 0 saturated carbocycles. The maximum absolute atomic E-state index is 11.1. The summed E-state index contributed by atoms with van der Waals surface area (Å²) in [6.07, 6.45) is 0. The number of rotatable bonds is 1. The van der Waals surface area contributed by atoms with Crippen LogP contribution in [0.3, 0.4) is 0 Å². The molecule has 0 radical (unpaired) electrons. The Labute approximate surface area is 100 Å². The van der Waals surface area contributed by atoms with Crippen LogP contribution < -0.4 is 0 Å². The molecule has 0 aliphatic heterocycles. The molecule has 0 N–H and O–H groups in total. The van der Waals surface area contributed by atoms with Gasteiger partial charge in [-0.15, -0.1) is 0 Å². The average Bonchev–Trinajstić information content (AvgIpc) is 2.06. The van der Waals surface area contributed by atoms with Crippen LogP contribution in [0.2, 0.25) is 0 Å². The fraction of sp³-hybridized carbons (Fsp3) is 0.125. The van der Waals surface area contributed by atoms with Crippen LogP contribution in [-0.2, 0) is 9.05 Å². The molecule has 0 fully saturated rings. The topological polar surface area (TPSA) is 57.9 Å². The van der Waals surface area contributed by atoms with E-state index >= 15 is 0 Å². The van der Waals surface area contributed by atoms with E-state index in [0.29, 0.717) is 14.7 Å². The van der Waals surface area contributed by atoms with Crippen LogP contribution in [0.4, 0.5) is 0 Å². The summed E-state index contributed by atoms with van der Waals surface area (Å²) >= 11 is 1.80. The number of halogens is 2. The van der Waals surface area contributed by atoms with E-state index in [1.165, 1.54) is 6.07 Å². The van der Waals surface area contributed by atoms with Gasteiger partial charge in [0.25, 0.3) is 9.05 Å². The maximum Gasteiger partial charge on any atom is 0.262 e. The van der Waals surface area contributed by atoms with Crippen molar-refractivity contribution in [3.63, 3.8) is 0 Å². The molecule has 0 heterocycles. The Morgan fingerprint density at radius 1 is 1.50 bits per heavy atom. The first-order valence-electron chi connectivity index (χ1n) is 3.51. The second-order valence-corrected chi connectivity index (χ2v) is 6.29. The van der Waals surface area contributed by atoms with Crippen LogP contribution in [-0.4, -0.2) is 8.42 Å². The minimum absolute atomic E-state index is 0.00341. The highest BCUT2D eigenvalue weighted by molar-refractivity contribution is 14.1. The van der Waals surface area contributed by atoms with Gasteiger partial charge in [0.15, 0.2) is 0 Å². The Balaban J connectivity index is 3.64. The van der Waals surface area contributed by atoms with Crippen LogP contribution in [0, 0.1) is 21.8 Å². The molecule has 0 aromatic heterocycles. The van der Waals surface area contributed by atoms with Crippen LogP contribution in [0.5, 0.6) is 0 Å². The Morgan fingerprint density at radius 2 is 2.07 bits per heavy atom. The predicted octanol–water partition coefficient (Wildman–Crippen LogP) is 2.40. The summed E-state index contributed by atoms with van der Waals surface area (Å²) in [6.45, 7) is 1.71. The van der Waals surface area contributed by atoms with Crippen molar-refractivity contribution in [1.29, 1.82) is 5.26 Å². The minimum atomic E-state index is -3.77. The molecule has 6 heteroatoms. The molecule has 1 aromatic rings. The molecular weight excluding hydrogens is 337 g/mol. The molecule has 0 aliphatic rings. The standard InChI is InChI=1S/C8H5ClINO2S/c1-5-2-6(4-11)8(10)7(3-5)14(9,12)13/h2-3H,1H3. The summed E-state index contributed by atoms with van der Waals surface area (Å²) in [5.74, 6) is 0. The molecule has 0 amide bonds. The number of nitrogens with zero attached hydrogens (tertiary/aromatic N) is 1. The van der Waals surface area contributed by atoms with E-state index in [2.05, 4.69) is 0 Å². The zero-order chi connectivity index (χ0) is 10.9. The van der Waals surface area contributed by atoms with Crippen molar-refractivity contribution in [3.05, 3.63) is 26.8 Å². The first-order chi connectivity index (χ1) is 6.36. The largest absolute Gasteiger partial charge is 0.262 e. The first kappa shape index (κ1) is 11.8. The van der Waals surface area contributed by atoms with E-state index in [9.17, 15) is 8.42 Å². The maximum atomic E-state index is 11.1. The highest BCUT2D eigenvalue weighted by atomic mass is 127. The summed E-state index contributed by atoms with van der Waals surface area (Å²) in [7, 11) is 1.45. The molecule has 0 saturated heterocycles. The van der Waals surface area contributed by atoms with Gasteiger partial charge < -0.3 is 0 Å². The molecule has 0 aliphatic carbocycles. The third-order valence-electron chi connectivity index (χ3n) is 1.57. The fourth-order valence-electron chi connectivity index (χ4n) is 0.994. The van der Waals surface area contributed by atoms with Gasteiger partial charge in [0.2, 0.25) is 0 Å². The van der Waals surface area contributed by atoms with Gasteiger partial charge in [-0.2, -0.15) is 5.26 Å². The van der Waals surface area contributed by atoms with Crippen molar-refractivity contribution in [2.75, 3.05) is 0 Å². The van der Waals surface area contributed by atoms with Crippen molar-refractivity contribution < 1.29 is 8.42 Å². The monoisotopic (exact) mass is 341 g/mol. The fourth-order valence-corrected chi connectivity index (χ4v) is 3.70. The normalized spacial score (nSPS) is 11.0. The molecule has 3 nitrogen and oxygen atoms in total. The van der Waals surface area contributed by atoms with Crippen molar-refractivity contribution in [2.45, 2.75) is 11.8 Å². The molecule has 1 aromatic carbocycles. The SMILES string of the molecule is Cc1cc(C#N)c(I)c(S(=O)(=O)Cl)c1. The summed E-state index contributed by atoms with van der Waals surface area (Å²) in [5.41, 5.74) is 1.02. The number of aryl methyl sites for hydroxylation is 1. The molecule has 14 heavy (non-hydrogen) atoms. The lowest BCUT2D eigenvalue weighted by molar-refractivity contribution is 0.609. The Morgan fingerprint density at radius 3 is 2.50 bits per heavy atom. The Kier molecular flexibility index (Phi) is 3.40. The molecule has 74 valence electrons. The third-order valence-corrected chi connectivity index (χ3v) is 4.44. The van der Waals surface area contributed by atoms with Gasteiger partial charge in [0.1, 0.15) is 6.07 Å². The molecule has 0 unspecified atom stereocenters. The lowest BCUT2D eigenvalue weighted by Crippen LogP contribution is -1.98. The van der Waals surface area contributed by atoms with Crippen LogP contribution in [0.15, 0.2) is 17.0 Å². The molecule has 0 bridgehead atoms. The van der Waals surface area contributed by atoms with Gasteiger partial charge in [-0.1, -0.05) is 0 Å². The molecule has 0 atom stereocenters. The second kappa shape index (κ2) is 4.04. The molecule has 0 spiro atoms. The van der Waals surface area contributed by atoms with Crippen LogP contribution in [0.25, 0.3) is 0 Å². The van der Waals surface area contributed by atoms with Gasteiger partial charge in [-0.3, -0.25) is 0 Å². The van der Waals surface area contributed by atoms with Crippen LogP contribution in [0.1, 0.15) is 11.1 Å². The van der Waals surface area contributed by atoms with Crippen molar-refractivity contribution in [2.24, 2.45) is 0 Å². The van der Waals surface area contributed by atoms with Crippen molar-refractivity contribution in [3.8, 4) is 6.07 Å². The lowest BCUT2D eigenvalue weighted by atomic mass is 10.2. The summed E-state index contributed by atoms with van der Waals surface area (Å²) < 4.78 is 22.6. The predicted molar refractivity (Wildman–Crippen MR) is 61.6 cm³/mol. The quantitative estimate of drug-likeness (QED) is 0.582. The average molecular weight is 342 g/mol. The zero-order valence-corrected chi connectivity index (χ0v) is 10.8. The Hall–Kier alpha value is -0.320. The Bertz CT molecular complexity index is 519. The number of benzene rings is 1. The van der Waals surface area contributed by atoms with Gasteiger partial charge in [-0.25, -0.2) is 8.42 Å². The number of hydrogen-bond donors (Lipinski definition) is 0. The van der Waals surface area contributed by atoms with Gasteiger partial charge in [0.05, 0.1) is 14.0 Å². The van der Waals surface area contributed by atoms with E-state index in [1.807, 2.05) is 6.07 Å². The lowest BCUT2D eigenvalue weighted by Gasteiger charge is -2.03. The first-order valence-corrected chi connectivity index (χ1v) is 6.90. The number of nitriles is 1. The highest BCUT2D eigenvalue weighted by Crippen LogP contribution is 2.26. The van der Waals surface area contributed by atoms with Crippen LogP contribution >= 0.6 is 33.3 Å². The van der Waals surface area contributed by atoms with Gasteiger partial charge in [-0.05, 0) is 47.2 Å². The molecule has 1 rings (SSSR count). The smallest absolute Gasteiger partial charge is 0.207 e. The summed E-state index contributed by atoms with van der Waals surface area (Å²) in [5, 5.41) is 8.74. The summed E-state index contributed by atoms with van der Waals surface area (Å²) in [4.78, 5) is -0.00341. The number of hydrogen-bond acceptors (Lipinski definition) is 3. The van der Waals surface area contributed by atoms with Crippen molar-refractivity contribution >= 4 is 42.3 Å². The third kappa shape index (κ3) is 2.38. The van der Waals surface area contributed by atoms with E-state index in [1.54, 1.807) is 35.6 Å². The van der Waals surface area contributed by atoms with Gasteiger partial charge >= 0.3 is 0 Å². The van der Waals surface area contributed by atoms with E-state index in [0.717, 1.165) is 0 Å². The highest BCUT2D eigenvalue weighted by Gasteiger charge is 2.17. The van der Waals surface area contributed by atoms with E-state index in [-0.39, 0.29) is 4.90 Å². The summed E-state index contributed by atoms with van der Waals surface area (Å²) in [6, 6.07) is 4.99.